The lowest BCUT2D eigenvalue weighted by Crippen LogP contribution is -2.42. The summed E-state index contributed by atoms with van der Waals surface area (Å²) in [6.07, 6.45) is 1.73. The van der Waals surface area contributed by atoms with Gasteiger partial charge in [-0.2, -0.15) is 4.98 Å². The number of morpholine rings is 1. The molecule has 1 saturated carbocycles. The first-order chi connectivity index (χ1) is 16.4. The number of ether oxygens (including phenoxy) is 2. The van der Waals surface area contributed by atoms with Crippen LogP contribution in [0.2, 0.25) is 5.02 Å². The molecule has 2 fully saturated rings. The van der Waals surface area contributed by atoms with E-state index in [1.807, 2.05) is 25.1 Å². The SMILES string of the molecule is CC(C(=O)N(C)C)C1CC(Oc2nc3nc(-c4ccc(N5CCOCC5)cc4)c(Cl)cc3[nH]2)C1. The Morgan fingerprint density at radius 3 is 2.59 bits per heavy atom. The number of rotatable bonds is 6. The number of carbonyl (C=O) groups is 1. The highest BCUT2D eigenvalue weighted by Crippen LogP contribution is 2.37. The van der Waals surface area contributed by atoms with Crippen LogP contribution in [-0.4, -0.2) is 72.3 Å². The first-order valence-corrected chi connectivity index (χ1v) is 12.1. The molecular weight excluding hydrogens is 454 g/mol. The van der Waals surface area contributed by atoms with Gasteiger partial charge in [0.2, 0.25) is 5.91 Å². The largest absolute Gasteiger partial charge is 0.461 e. The van der Waals surface area contributed by atoms with Crippen molar-refractivity contribution >= 4 is 34.4 Å². The molecule has 1 aliphatic carbocycles. The van der Waals surface area contributed by atoms with E-state index in [1.165, 1.54) is 5.69 Å². The van der Waals surface area contributed by atoms with Crippen molar-refractivity contribution in [3.05, 3.63) is 35.4 Å². The van der Waals surface area contributed by atoms with Crippen molar-refractivity contribution in [2.45, 2.75) is 25.9 Å². The molecule has 3 heterocycles. The normalized spacial score (nSPS) is 21.2. The number of H-pyrrole nitrogens is 1. The highest BCUT2D eigenvalue weighted by Gasteiger charge is 2.38. The van der Waals surface area contributed by atoms with E-state index in [1.54, 1.807) is 19.0 Å². The number of pyridine rings is 1. The zero-order chi connectivity index (χ0) is 23.8. The molecule has 1 saturated heterocycles. The lowest BCUT2D eigenvalue weighted by Gasteiger charge is -2.38. The summed E-state index contributed by atoms with van der Waals surface area (Å²) in [4.78, 5) is 28.6. The molecule has 9 heteroatoms. The standard InChI is InChI=1S/C25H30ClN5O3/c1-15(24(32)30(2)3)17-12-19(13-17)34-25-27-21-14-20(26)22(28-23(21)29-25)16-4-6-18(7-5-16)31-8-10-33-11-9-31/h4-7,14-15,17,19H,8-13H2,1-3H3,(H,27,28,29). The van der Waals surface area contributed by atoms with Crippen LogP contribution in [-0.2, 0) is 9.53 Å². The molecule has 2 aromatic heterocycles. The second kappa shape index (κ2) is 9.43. The van der Waals surface area contributed by atoms with Gasteiger partial charge in [0.1, 0.15) is 6.10 Å². The zero-order valence-electron chi connectivity index (χ0n) is 19.8. The number of halogens is 1. The van der Waals surface area contributed by atoms with Crippen LogP contribution >= 0.6 is 11.6 Å². The van der Waals surface area contributed by atoms with Gasteiger partial charge in [0.05, 0.1) is 29.4 Å². The van der Waals surface area contributed by atoms with Crippen LogP contribution in [0.4, 0.5) is 5.69 Å². The van der Waals surface area contributed by atoms with Crippen LogP contribution in [0.15, 0.2) is 30.3 Å². The lowest BCUT2D eigenvalue weighted by atomic mass is 9.74. The van der Waals surface area contributed by atoms with E-state index in [9.17, 15) is 4.79 Å². The minimum atomic E-state index is 0.00295. The van der Waals surface area contributed by atoms with Gasteiger partial charge in [0.15, 0.2) is 5.65 Å². The first-order valence-electron chi connectivity index (χ1n) is 11.8. The maximum absolute atomic E-state index is 12.2. The maximum Gasteiger partial charge on any atom is 0.296 e. The molecule has 0 spiro atoms. The number of anilines is 1. The number of nitrogens with zero attached hydrogens (tertiary/aromatic N) is 4. The summed E-state index contributed by atoms with van der Waals surface area (Å²) >= 11 is 6.57. The molecule has 3 aromatic rings. The third kappa shape index (κ3) is 4.57. The average Bonchev–Trinajstić information content (AvgIpc) is 3.21. The van der Waals surface area contributed by atoms with Gasteiger partial charge in [-0.05, 0) is 37.0 Å². The molecule has 1 aromatic carbocycles. The van der Waals surface area contributed by atoms with E-state index in [0.717, 1.165) is 50.2 Å². The molecule has 1 N–H and O–H groups in total. The number of carbonyl (C=O) groups excluding carboxylic acids is 1. The average molecular weight is 484 g/mol. The van der Waals surface area contributed by atoms with Gasteiger partial charge < -0.3 is 24.3 Å². The summed E-state index contributed by atoms with van der Waals surface area (Å²) < 4.78 is 11.5. The van der Waals surface area contributed by atoms with Crippen molar-refractivity contribution in [1.29, 1.82) is 0 Å². The second-order valence-corrected chi connectivity index (χ2v) is 9.78. The topological polar surface area (TPSA) is 83.6 Å². The fourth-order valence-corrected chi connectivity index (χ4v) is 4.94. The number of aromatic nitrogens is 3. The minimum absolute atomic E-state index is 0.00295. The Morgan fingerprint density at radius 1 is 1.21 bits per heavy atom. The number of hydrogen-bond donors (Lipinski definition) is 1. The van der Waals surface area contributed by atoms with Crippen molar-refractivity contribution < 1.29 is 14.3 Å². The van der Waals surface area contributed by atoms with Gasteiger partial charge in [-0.1, -0.05) is 30.7 Å². The number of benzene rings is 1. The summed E-state index contributed by atoms with van der Waals surface area (Å²) in [5, 5.41) is 0.557. The predicted octanol–water partition coefficient (Wildman–Crippen LogP) is 4.00. The number of fused-ring (bicyclic) bond motifs is 1. The number of aromatic amines is 1. The fraction of sp³-hybridized carbons (Fsp3) is 0.480. The van der Waals surface area contributed by atoms with Gasteiger partial charge in [-0.15, -0.1) is 0 Å². The van der Waals surface area contributed by atoms with E-state index in [-0.39, 0.29) is 17.9 Å². The summed E-state index contributed by atoms with van der Waals surface area (Å²) in [5.74, 6) is 0.503. The monoisotopic (exact) mass is 483 g/mol. The zero-order valence-corrected chi connectivity index (χ0v) is 20.5. The van der Waals surface area contributed by atoms with Gasteiger partial charge in [-0.25, -0.2) is 4.98 Å². The lowest BCUT2D eigenvalue weighted by molar-refractivity contribution is -0.136. The molecule has 0 radical (unpaired) electrons. The summed E-state index contributed by atoms with van der Waals surface area (Å²) in [7, 11) is 3.59. The van der Waals surface area contributed by atoms with Crippen LogP contribution in [0.25, 0.3) is 22.4 Å². The smallest absolute Gasteiger partial charge is 0.296 e. The van der Waals surface area contributed by atoms with E-state index >= 15 is 0 Å². The number of imidazole rings is 1. The predicted molar refractivity (Wildman–Crippen MR) is 132 cm³/mol. The molecule has 1 unspecified atom stereocenters. The number of nitrogens with one attached hydrogen (secondary N) is 1. The van der Waals surface area contributed by atoms with Crippen LogP contribution in [0.5, 0.6) is 6.01 Å². The van der Waals surface area contributed by atoms with E-state index in [2.05, 4.69) is 27.0 Å². The van der Waals surface area contributed by atoms with Crippen LogP contribution < -0.4 is 9.64 Å². The van der Waals surface area contributed by atoms with Crippen molar-refractivity contribution in [2.24, 2.45) is 11.8 Å². The molecule has 5 rings (SSSR count). The molecule has 1 atom stereocenters. The molecule has 8 nitrogen and oxygen atoms in total. The second-order valence-electron chi connectivity index (χ2n) is 9.37. The number of amides is 1. The molecule has 0 bridgehead atoms. The third-order valence-electron chi connectivity index (χ3n) is 6.87. The third-order valence-corrected chi connectivity index (χ3v) is 7.16. The molecule has 180 valence electrons. The molecule has 1 amide bonds. The summed E-state index contributed by atoms with van der Waals surface area (Å²) in [5.41, 5.74) is 4.11. The van der Waals surface area contributed by atoms with E-state index in [4.69, 9.17) is 26.1 Å². The minimum Gasteiger partial charge on any atom is -0.461 e. The Balaban J connectivity index is 1.27. The molecule has 1 aliphatic heterocycles. The summed E-state index contributed by atoms with van der Waals surface area (Å²) in [6.45, 7) is 5.29. The Hall–Kier alpha value is -2.84. The van der Waals surface area contributed by atoms with Crippen molar-refractivity contribution in [1.82, 2.24) is 19.9 Å². The fourth-order valence-electron chi connectivity index (χ4n) is 4.68. The Kier molecular flexibility index (Phi) is 6.36. The van der Waals surface area contributed by atoms with Crippen molar-refractivity contribution in [2.75, 3.05) is 45.3 Å². The highest BCUT2D eigenvalue weighted by molar-refractivity contribution is 6.33. The van der Waals surface area contributed by atoms with Gasteiger partial charge in [-0.3, -0.25) is 4.79 Å². The van der Waals surface area contributed by atoms with Crippen molar-refractivity contribution in [3.63, 3.8) is 0 Å². The maximum atomic E-state index is 12.2. The van der Waals surface area contributed by atoms with Crippen LogP contribution in [0.1, 0.15) is 19.8 Å². The quantitative estimate of drug-likeness (QED) is 0.570. The van der Waals surface area contributed by atoms with Crippen LogP contribution in [0.3, 0.4) is 0 Å². The Labute approximate surface area is 204 Å². The van der Waals surface area contributed by atoms with Gasteiger partial charge in [0, 0.05) is 44.4 Å². The van der Waals surface area contributed by atoms with Crippen molar-refractivity contribution in [3.8, 4) is 17.3 Å². The van der Waals surface area contributed by atoms with Gasteiger partial charge >= 0.3 is 0 Å². The van der Waals surface area contributed by atoms with E-state index < -0.39 is 0 Å². The van der Waals surface area contributed by atoms with E-state index in [0.29, 0.717) is 28.3 Å². The van der Waals surface area contributed by atoms with Gasteiger partial charge in [0.25, 0.3) is 6.01 Å². The van der Waals surface area contributed by atoms with Crippen LogP contribution in [0, 0.1) is 11.8 Å². The highest BCUT2D eigenvalue weighted by atomic mass is 35.5. The Bertz CT molecular complexity index is 1170. The summed E-state index contributed by atoms with van der Waals surface area (Å²) in [6, 6.07) is 10.6. The Morgan fingerprint density at radius 2 is 1.91 bits per heavy atom. The number of hydrogen-bond acceptors (Lipinski definition) is 6. The molecule has 34 heavy (non-hydrogen) atoms. The molecular formula is C25H30ClN5O3. The first kappa shape index (κ1) is 22.9. The molecule has 2 aliphatic rings.